The van der Waals surface area contributed by atoms with E-state index in [-0.39, 0.29) is 0 Å². The van der Waals surface area contributed by atoms with Crippen LogP contribution in [-0.2, 0) is 0 Å². The van der Waals surface area contributed by atoms with Gasteiger partial charge in [0.15, 0.2) is 0 Å². The molecule has 0 aliphatic rings. The van der Waals surface area contributed by atoms with E-state index in [0.29, 0.717) is 6.54 Å². The van der Waals surface area contributed by atoms with Gasteiger partial charge in [-0.25, -0.2) is 0 Å². The van der Waals surface area contributed by atoms with E-state index < -0.39 is 0 Å². The van der Waals surface area contributed by atoms with Crippen LogP contribution in [0.15, 0.2) is 5.18 Å². The summed E-state index contributed by atoms with van der Waals surface area (Å²) in [5, 5.41) is 2.88. The summed E-state index contributed by atoms with van der Waals surface area (Å²) in [6, 6.07) is 0. The molecule has 0 unspecified atom stereocenters. The molecule has 0 N–H and O–H groups in total. The molecule has 2 heteroatoms. The lowest BCUT2D eigenvalue weighted by Gasteiger charge is -2.24. The second kappa shape index (κ2) is 6.15. The molecule has 0 spiro atoms. The van der Waals surface area contributed by atoms with Crippen molar-refractivity contribution < 1.29 is 0 Å². The molecule has 0 aromatic carbocycles. The molecule has 0 amide bonds. The minimum atomic E-state index is 0.482. The zero-order valence-corrected chi connectivity index (χ0v) is 8.71. The van der Waals surface area contributed by atoms with E-state index in [2.05, 4.69) is 32.9 Å². The van der Waals surface area contributed by atoms with Gasteiger partial charge in [-0.2, -0.15) is 4.91 Å². The Morgan fingerprint density at radius 1 is 1.08 bits per heavy atom. The van der Waals surface area contributed by atoms with Crippen LogP contribution in [0.4, 0.5) is 0 Å². The largest absolute Gasteiger partial charge is 0.151 e. The predicted octanol–water partition coefficient (Wildman–Crippen LogP) is 3.46. The second-order valence-electron chi connectivity index (χ2n) is 4.15. The van der Waals surface area contributed by atoms with Crippen molar-refractivity contribution >= 4 is 0 Å². The first kappa shape index (κ1) is 11.6. The second-order valence-corrected chi connectivity index (χ2v) is 4.15. The van der Waals surface area contributed by atoms with Crippen molar-refractivity contribution in [3.8, 4) is 0 Å². The third-order valence-electron chi connectivity index (χ3n) is 2.50. The molecular formula is C10H21NO. The zero-order chi connectivity index (χ0) is 9.56. The molecule has 2 nitrogen and oxygen atoms in total. The molecule has 0 aromatic heterocycles. The van der Waals surface area contributed by atoms with E-state index in [4.69, 9.17) is 0 Å². The highest BCUT2D eigenvalue weighted by atomic mass is 16.3. The number of hydrogen-bond donors (Lipinski definition) is 0. The Morgan fingerprint density at radius 3 is 1.92 bits per heavy atom. The summed E-state index contributed by atoms with van der Waals surface area (Å²) in [6.45, 7) is 9.48. The van der Waals surface area contributed by atoms with Gasteiger partial charge in [-0.3, -0.25) is 0 Å². The van der Waals surface area contributed by atoms with Gasteiger partial charge in [0.2, 0.25) is 0 Å². The molecular weight excluding hydrogens is 150 g/mol. The molecule has 12 heavy (non-hydrogen) atoms. The van der Waals surface area contributed by atoms with Crippen molar-refractivity contribution in [3.63, 3.8) is 0 Å². The lowest BCUT2D eigenvalue weighted by molar-refractivity contribution is 0.265. The van der Waals surface area contributed by atoms with Gasteiger partial charge >= 0.3 is 0 Å². The van der Waals surface area contributed by atoms with Crippen LogP contribution in [0.1, 0.15) is 40.5 Å². The van der Waals surface area contributed by atoms with Crippen molar-refractivity contribution in [2.24, 2.45) is 22.9 Å². The van der Waals surface area contributed by atoms with Crippen molar-refractivity contribution in [1.29, 1.82) is 0 Å². The van der Waals surface area contributed by atoms with Crippen LogP contribution in [0.3, 0.4) is 0 Å². The molecule has 0 saturated carbocycles. The van der Waals surface area contributed by atoms with E-state index in [9.17, 15) is 4.91 Å². The Kier molecular flexibility index (Phi) is 5.95. The molecule has 0 aliphatic carbocycles. The molecule has 0 saturated heterocycles. The first-order chi connectivity index (χ1) is 5.59. The van der Waals surface area contributed by atoms with Crippen molar-refractivity contribution in [1.82, 2.24) is 0 Å². The van der Waals surface area contributed by atoms with Gasteiger partial charge in [0, 0.05) is 0 Å². The normalized spacial score (nSPS) is 11.6. The van der Waals surface area contributed by atoms with Crippen LogP contribution in [0.2, 0.25) is 0 Å². The van der Waals surface area contributed by atoms with E-state index in [0.717, 1.165) is 30.6 Å². The Bertz CT molecular complexity index is 113. The first-order valence-electron chi connectivity index (χ1n) is 4.88. The maximum atomic E-state index is 9.88. The maximum absolute atomic E-state index is 9.88. The highest BCUT2D eigenvalue weighted by Crippen LogP contribution is 2.25. The Hall–Kier alpha value is -0.400. The fourth-order valence-electron chi connectivity index (χ4n) is 1.83. The maximum Gasteiger partial charge on any atom is 0.0811 e. The summed E-state index contributed by atoms with van der Waals surface area (Å²) < 4.78 is 0. The Balaban J connectivity index is 3.71. The zero-order valence-electron chi connectivity index (χ0n) is 8.71. The van der Waals surface area contributed by atoms with Crippen molar-refractivity contribution in [3.05, 3.63) is 4.91 Å². The summed E-state index contributed by atoms with van der Waals surface area (Å²) in [4.78, 5) is 9.88. The molecule has 0 fully saturated rings. The lowest BCUT2D eigenvalue weighted by Crippen LogP contribution is -2.15. The average molecular weight is 171 g/mol. The number of nitroso groups, excluding NO2 is 1. The summed E-state index contributed by atoms with van der Waals surface area (Å²) in [5.74, 6) is 2.18. The van der Waals surface area contributed by atoms with Crippen molar-refractivity contribution in [2.45, 2.75) is 40.5 Å². The number of nitrogens with zero attached hydrogens (tertiary/aromatic N) is 1. The number of hydrogen-bond acceptors (Lipinski definition) is 2. The fraction of sp³-hybridized carbons (Fsp3) is 1.00. The summed E-state index contributed by atoms with van der Waals surface area (Å²) in [5.41, 5.74) is 0. The van der Waals surface area contributed by atoms with Crippen LogP contribution >= 0.6 is 0 Å². The summed E-state index contributed by atoms with van der Waals surface area (Å²) in [6.07, 6.45) is 2.09. The quantitative estimate of drug-likeness (QED) is 0.444. The molecule has 0 radical (unpaired) electrons. The van der Waals surface area contributed by atoms with Gasteiger partial charge in [0.1, 0.15) is 0 Å². The average Bonchev–Trinajstić information content (AvgIpc) is 1.96. The monoisotopic (exact) mass is 171 g/mol. The van der Waals surface area contributed by atoms with Gasteiger partial charge in [0.25, 0.3) is 0 Å². The fourth-order valence-corrected chi connectivity index (χ4v) is 1.83. The van der Waals surface area contributed by atoms with Crippen LogP contribution in [0.25, 0.3) is 0 Å². The Morgan fingerprint density at radius 2 is 1.58 bits per heavy atom. The standard InChI is InChI=1S/C10H21NO/c1-8(2)10(9(3)4)6-5-7-11-12/h8-10H,5-7H2,1-4H3. The third-order valence-corrected chi connectivity index (χ3v) is 2.50. The van der Waals surface area contributed by atoms with E-state index in [1.807, 2.05) is 0 Å². The topological polar surface area (TPSA) is 29.4 Å². The number of rotatable bonds is 6. The molecule has 0 atom stereocenters. The Labute approximate surface area is 75.7 Å². The molecule has 0 aliphatic heterocycles. The van der Waals surface area contributed by atoms with Gasteiger partial charge in [-0.05, 0) is 30.6 Å². The van der Waals surface area contributed by atoms with E-state index in [1.165, 1.54) is 0 Å². The SMILES string of the molecule is CC(C)C(CCCN=O)C(C)C. The van der Waals surface area contributed by atoms with Gasteiger partial charge in [-0.1, -0.05) is 32.9 Å². The molecule has 0 bridgehead atoms. The van der Waals surface area contributed by atoms with Crippen LogP contribution in [0.5, 0.6) is 0 Å². The van der Waals surface area contributed by atoms with Gasteiger partial charge < -0.3 is 0 Å². The smallest absolute Gasteiger partial charge is 0.0811 e. The summed E-state index contributed by atoms with van der Waals surface area (Å²) in [7, 11) is 0. The minimum absolute atomic E-state index is 0.482. The van der Waals surface area contributed by atoms with Crippen molar-refractivity contribution in [2.75, 3.05) is 6.54 Å². The highest BCUT2D eigenvalue weighted by molar-refractivity contribution is 4.67. The first-order valence-corrected chi connectivity index (χ1v) is 4.88. The predicted molar refractivity (Wildman–Crippen MR) is 53.1 cm³/mol. The van der Waals surface area contributed by atoms with Gasteiger partial charge in [0.05, 0.1) is 6.54 Å². The van der Waals surface area contributed by atoms with Gasteiger partial charge in [-0.15, -0.1) is 0 Å². The lowest BCUT2D eigenvalue weighted by atomic mass is 9.82. The molecule has 0 rings (SSSR count). The van der Waals surface area contributed by atoms with Crippen LogP contribution in [0, 0.1) is 22.7 Å². The highest BCUT2D eigenvalue weighted by Gasteiger charge is 2.16. The van der Waals surface area contributed by atoms with Crippen LogP contribution in [-0.4, -0.2) is 6.54 Å². The minimum Gasteiger partial charge on any atom is -0.151 e. The van der Waals surface area contributed by atoms with E-state index >= 15 is 0 Å². The summed E-state index contributed by atoms with van der Waals surface area (Å²) >= 11 is 0. The molecule has 0 aromatic rings. The third kappa shape index (κ3) is 4.47. The molecule has 0 heterocycles. The van der Waals surface area contributed by atoms with Crippen LogP contribution < -0.4 is 0 Å². The molecule has 72 valence electrons. The van der Waals surface area contributed by atoms with E-state index in [1.54, 1.807) is 0 Å².